The molecule has 0 atom stereocenters. The van der Waals surface area contributed by atoms with Gasteiger partial charge in [0.2, 0.25) is 0 Å². The molecule has 1 aromatic rings. The number of carboxylic acids is 1. The molecular weight excluding hydrogens is 240 g/mol. The van der Waals surface area contributed by atoms with Crippen LogP contribution < -0.4 is 0 Å². The van der Waals surface area contributed by atoms with Crippen LogP contribution in [0, 0.1) is 5.41 Å². The van der Waals surface area contributed by atoms with Crippen LogP contribution in [-0.4, -0.2) is 22.3 Å². The van der Waals surface area contributed by atoms with Gasteiger partial charge in [0.1, 0.15) is 0 Å². The van der Waals surface area contributed by atoms with Crippen LogP contribution in [0.1, 0.15) is 38.2 Å². The van der Waals surface area contributed by atoms with Gasteiger partial charge in [-0.1, -0.05) is 42.0 Å². The number of hydrogen-bond donors (Lipinski definition) is 2. The molecule has 2 N–H and O–H groups in total. The van der Waals surface area contributed by atoms with Gasteiger partial charge in [0.15, 0.2) is 0 Å². The molecule has 0 aromatic heterocycles. The van der Waals surface area contributed by atoms with E-state index in [1.54, 1.807) is 0 Å². The van der Waals surface area contributed by atoms with E-state index in [-0.39, 0.29) is 6.10 Å². The molecule has 0 aliphatic heterocycles. The summed E-state index contributed by atoms with van der Waals surface area (Å²) in [7, 11) is 0. The van der Waals surface area contributed by atoms with E-state index in [1.807, 2.05) is 43.3 Å². The fourth-order valence-corrected chi connectivity index (χ4v) is 2.81. The molecule has 1 saturated carbocycles. The zero-order valence-electron chi connectivity index (χ0n) is 11.2. The van der Waals surface area contributed by atoms with Crippen LogP contribution >= 0.6 is 0 Å². The second kappa shape index (κ2) is 5.57. The van der Waals surface area contributed by atoms with E-state index in [4.69, 9.17) is 0 Å². The second-order valence-corrected chi connectivity index (χ2v) is 5.36. The van der Waals surface area contributed by atoms with Gasteiger partial charge in [-0.15, -0.1) is 0 Å². The van der Waals surface area contributed by atoms with Gasteiger partial charge in [0.25, 0.3) is 0 Å². The zero-order valence-corrected chi connectivity index (χ0v) is 11.2. The van der Waals surface area contributed by atoms with Crippen molar-refractivity contribution in [3.8, 4) is 0 Å². The van der Waals surface area contributed by atoms with Crippen LogP contribution in [-0.2, 0) is 4.79 Å². The third kappa shape index (κ3) is 2.87. The van der Waals surface area contributed by atoms with Gasteiger partial charge in [0, 0.05) is 0 Å². The van der Waals surface area contributed by atoms with Crippen molar-refractivity contribution in [1.29, 1.82) is 0 Å². The summed E-state index contributed by atoms with van der Waals surface area (Å²) in [6.45, 7) is 1.89. The molecule has 1 aromatic carbocycles. The van der Waals surface area contributed by atoms with Crippen molar-refractivity contribution in [3.05, 3.63) is 41.5 Å². The summed E-state index contributed by atoms with van der Waals surface area (Å²) < 4.78 is 0. The van der Waals surface area contributed by atoms with E-state index >= 15 is 0 Å². The fourth-order valence-electron chi connectivity index (χ4n) is 2.81. The van der Waals surface area contributed by atoms with Crippen LogP contribution in [0.3, 0.4) is 0 Å². The first-order valence-electron chi connectivity index (χ1n) is 6.70. The largest absolute Gasteiger partial charge is 0.481 e. The molecule has 0 bridgehead atoms. The Morgan fingerprint density at radius 3 is 2.37 bits per heavy atom. The Labute approximate surface area is 113 Å². The molecule has 1 aliphatic carbocycles. The van der Waals surface area contributed by atoms with Crippen LogP contribution in [0.2, 0.25) is 0 Å². The molecule has 0 heterocycles. The minimum Gasteiger partial charge on any atom is -0.481 e. The Balaban J connectivity index is 2.29. The van der Waals surface area contributed by atoms with Crippen molar-refractivity contribution in [3.63, 3.8) is 0 Å². The van der Waals surface area contributed by atoms with Crippen molar-refractivity contribution in [2.45, 2.75) is 38.7 Å². The molecule has 0 saturated heterocycles. The normalized spacial score (nSPS) is 28.1. The average Bonchev–Trinajstić information content (AvgIpc) is 2.40. The zero-order chi connectivity index (χ0) is 13.9. The van der Waals surface area contributed by atoms with Gasteiger partial charge in [-0.25, -0.2) is 0 Å². The number of carboxylic acid groups (broad SMARTS) is 1. The van der Waals surface area contributed by atoms with Gasteiger partial charge < -0.3 is 10.2 Å². The quantitative estimate of drug-likeness (QED) is 0.878. The Hall–Kier alpha value is -1.61. The number of carbonyl (C=O) groups is 1. The number of benzene rings is 1. The van der Waals surface area contributed by atoms with E-state index in [1.165, 1.54) is 0 Å². The Bertz CT molecular complexity index is 468. The molecule has 102 valence electrons. The Kier molecular flexibility index (Phi) is 4.05. The molecule has 0 spiro atoms. The van der Waals surface area contributed by atoms with Crippen molar-refractivity contribution >= 4 is 12.0 Å². The van der Waals surface area contributed by atoms with Crippen LogP contribution in [0.15, 0.2) is 35.9 Å². The first kappa shape index (κ1) is 13.8. The summed E-state index contributed by atoms with van der Waals surface area (Å²) in [5.41, 5.74) is 1.08. The number of aliphatic hydroxyl groups excluding tert-OH is 1. The second-order valence-electron chi connectivity index (χ2n) is 5.36. The van der Waals surface area contributed by atoms with E-state index in [9.17, 15) is 15.0 Å². The van der Waals surface area contributed by atoms with Crippen LogP contribution in [0.25, 0.3) is 6.08 Å². The molecule has 19 heavy (non-hydrogen) atoms. The average molecular weight is 260 g/mol. The Morgan fingerprint density at radius 2 is 1.84 bits per heavy atom. The molecular formula is C16H20O3. The molecule has 0 amide bonds. The summed E-state index contributed by atoms with van der Waals surface area (Å²) in [5, 5.41) is 19.2. The maximum atomic E-state index is 11.7. The topological polar surface area (TPSA) is 57.5 Å². The number of aliphatic carboxylic acids is 1. The maximum absolute atomic E-state index is 11.7. The molecule has 0 unspecified atom stereocenters. The van der Waals surface area contributed by atoms with Gasteiger partial charge in [-0.2, -0.15) is 0 Å². The summed E-state index contributed by atoms with van der Waals surface area (Å²) in [5.74, 6) is -0.774. The summed E-state index contributed by atoms with van der Waals surface area (Å²) in [4.78, 5) is 11.7. The molecule has 2 rings (SSSR count). The van der Waals surface area contributed by atoms with E-state index in [0.717, 1.165) is 11.1 Å². The number of hydrogen-bond acceptors (Lipinski definition) is 2. The summed E-state index contributed by atoms with van der Waals surface area (Å²) in [6, 6.07) is 9.76. The smallest absolute Gasteiger partial charge is 0.313 e. The molecule has 3 nitrogen and oxygen atoms in total. The van der Waals surface area contributed by atoms with Crippen molar-refractivity contribution in [2.24, 2.45) is 5.41 Å². The lowest BCUT2D eigenvalue weighted by Gasteiger charge is -2.36. The van der Waals surface area contributed by atoms with Gasteiger partial charge in [-0.05, 0) is 38.2 Å². The fraction of sp³-hybridized carbons (Fsp3) is 0.438. The Morgan fingerprint density at radius 1 is 1.26 bits per heavy atom. The SMILES string of the molecule is C/C(=C\c1ccccc1)C1(C(=O)O)CCC(O)CC1. The highest BCUT2D eigenvalue weighted by Crippen LogP contribution is 2.43. The molecule has 3 heteroatoms. The third-order valence-corrected chi connectivity index (χ3v) is 4.16. The monoisotopic (exact) mass is 260 g/mol. The lowest BCUT2D eigenvalue weighted by atomic mass is 9.68. The first-order chi connectivity index (χ1) is 9.04. The molecule has 1 fully saturated rings. The summed E-state index contributed by atoms with van der Waals surface area (Å²) >= 11 is 0. The standard InChI is InChI=1S/C16H20O3/c1-12(11-13-5-3-2-4-6-13)16(15(18)19)9-7-14(17)8-10-16/h2-6,11,14,17H,7-10H2,1H3,(H,18,19)/b12-11+. The van der Waals surface area contributed by atoms with E-state index in [2.05, 4.69) is 0 Å². The lowest BCUT2D eigenvalue weighted by Crippen LogP contribution is -2.37. The predicted octanol–water partition coefficient (Wildman–Crippen LogP) is 3.10. The molecule has 0 radical (unpaired) electrons. The van der Waals surface area contributed by atoms with Crippen LogP contribution in [0.5, 0.6) is 0 Å². The predicted molar refractivity (Wildman–Crippen MR) is 74.6 cm³/mol. The first-order valence-corrected chi connectivity index (χ1v) is 6.70. The number of rotatable bonds is 3. The van der Waals surface area contributed by atoms with Crippen molar-refractivity contribution < 1.29 is 15.0 Å². The maximum Gasteiger partial charge on any atom is 0.313 e. The van der Waals surface area contributed by atoms with E-state index < -0.39 is 11.4 Å². The van der Waals surface area contributed by atoms with Gasteiger partial charge in [-0.3, -0.25) is 4.79 Å². The van der Waals surface area contributed by atoms with Crippen molar-refractivity contribution in [1.82, 2.24) is 0 Å². The number of aliphatic hydroxyl groups is 1. The third-order valence-electron chi connectivity index (χ3n) is 4.16. The highest BCUT2D eigenvalue weighted by atomic mass is 16.4. The minimum atomic E-state index is -0.810. The van der Waals surface area contributed by atoms with E-state index in [0.29, 0.717) is 25.7 Å². The highest BCUT2D eigenvalue weighted by molar-refractivity contribution is 5.80. The van der Waals surface area contributed by atoms with Gasteiger partial charge in [0.05, 0.1) is 11.5 Å². The van der Waals surface area contributed by atoms with Crippen molar-refractivity contribution in [2.75, 3.05) is 0 Å². The van der Waals surface area contributed by atoms with Crippen LogP contribution in [0.4, 0.5) is 0 Å². The lowest BCUT2D eigenvalue weighted by molar-refractivity contribution is -0.149. The summed E-state index contributed by atoms with van der Waals surface area (Å²) in [6.07, 6.45) is 3.75. The minimum absolute atomic E-state index is 0.350. The highest BCUT2D eigenvalue weighted by Gasteiger charge is 2.42. The van der Waals surface area contributed by atoms with Gasteiger partial charge >= 0.3 is 5.97 Å². The molecule has 1 aliphatic rings.